The van der Waals surface area contributed by atoms with Crippen LogP contribution in [0.5, 0.6) is 0 Å². The van der Waals surface area contributed by atoms with Gasteiger partial charge in [-0.25, -0.2) is 0 Å². The van der Waals surface area contributed by atoms with Gasteiger partial charge in [-0.1, -0.05) is 5.21 Å². The highest BCUT2D eigenvalue weighted by molar-refractivity contribution is 5.78. The number of hydrogen-bond donors (Lipinski definition) is 3. The van der Waals surface area contributed by atoms with Crippen molar-refractivity contribution < 1.29 is 4.79 Å². The quantitative estimate of drug-likeness (QED) is 0.624. The Balaban J connectivity index is 1.83. The van der Waals surface area contributed by atoms with E-state index in [4.69, 9.17) is 5.73 Å². The van der Waals surface area contributed by atoms with Crippen molar-refractivity contribution >= 4 is 11.6 Å². The number of carbonyl (C=O) groups is 1. The highest BCUT2D eigenvalue weighted by Crippen LogP contribution is 2.01. The van der Waals surface area contributed by atoms with E-state index < -0.39 is 0 Å². The summed E-state index contributed by atoms with van der Waals surface area (Å²) in [6.07, 6.45) is 1.71. The van der Waals surface area contributed by atoms with Gasteiger partial charge in [0, 0.05) is 5.69 Å². The highest BCUT2D eigenvalue weighted by atomic mass is 16.1. The molecule has 0 saturated heterocycles. The van der Waals surface area contributed by atoms with E-state index in [2.05, 4.69) is 30.9 Å². The van der Waals surface area contributed by atoms with Crippen molar-refractivity contribution in [2.45, 2.75) is 13.0 Å². The third-order valence-corrected chi connectivity index (χ3v) is 2.02. The van der Waals surface area contributed by atoms with E-state index in [1.807, 2.05) is 0 Å². The molecule has 0 fully saturated rings. The standard InChI is InChI=1S/C9H11N7O/c10-6-1-2-7(11-4-6)3-9(17)12-5-8-13-15-16-14-8/h1-2,4H,3,5,10H2,(H,12,17)(H,13,14,15,16). The number of rotatable bonds is 4. The third-order valence-electron chi connectivity index (χ3n) is 2.02. The molecule has 0 unspecified atom stereocenters. The van der Waals surface area contributed by atoms with Crippen LogP contribution in [0.25, 0.3) is 0 Å². The second kappa shape index (κ2) is 5.01. The first-order valence-electron chi connectivity index (χ1n) is 4.93. The van der Waals surface area contributed by atoms with Crippen LogP contribution in [0.2, 0.25) is 0 Å². The maximum Gasteiger partial charge on any atom is 0.226 e. The first-order valence-corrected chi connectivity index (χ1v) is 4.93. The van der Waals surface area contributed by atoms with Crippen molar-refractivity contribution in [2.75, 3.05) is 5.73 Å². The Morgan fingerprint density at radius 3 is 3.00 bits per heavy atom. The fourth-order valence-electron chi connectivity index (χ4n) is 1.20. The lowest BCUT2D eigenvalue weighted by atomic mass is 10.2. The molecule has 8 nitrogen and oxygen atoms in total. The minimum atomic E-state index is -0.160. The van der Waals surface area contributed by atoms with Crippen LogP contribution in [0.1, 0.15) is 11.5 Å². The predicted molar refractivity (Wildman–Crippen MR) is 58.4 cm³/mol. The molecule has 2 heterocycles. The molecule has 2 aromatic heterocycles. The average molecular weight is 233 g/mol. The van der Waals surface area contributed by atoms with Crippen LogP contribution in [0, 0.1) is 0 Å². The molecule has 0 aromatic carbocycles. The molecular formula is C9H11N7O. The van der Waals surface area contributed by atoms with Crippen molar-refractivity contribution in [3.63, 3.8) is 0 Å². The Labute approximate surface area is 96.6 Å². The van der Waals surface area contributed by atoms with Crippen LogP contribution >= 0.6 is 0 Å². The van der Waals surface area contributed by atoms with Gasteiger partial charge >= 0.3 is 0 Å². The Kier molecular flexibility index (Phi) is 3.24. The molecule has 0 aliphatic carbocycles. The van der Waals surface area contributed by atoms with Gasteiger partial charge in [-0.2, -0.15) is 5.21 Å². The Bertz CT molecular complexity index is 479. The van der Waals surface area contributed by atoms with E-state index >= 15 is 0 Å². The minimum Gasteiger partial charge on any atom is -0.397 e. The zero-order valence-electron chi connectivity index (χ0n) is 8.92. The highest BCUT2D eigenvalue weighted by Gasteiger charge is 2.05. The summed E-state index contributed by atoms with van der Waals surface area (Å²) in [6, 6.07) is 3.41. The van der Waals surface area contributed by atoms with E-state index in [0.717, 1.165) is 0 Å². The number of nitrogens with zero attached hydrogens (tertiary/aromatic N) is 4. The number of nitrogens with two attached hydrogens (primary N) is 1. The van der Waals surface area contributed by atoms with Gasteiger partial charge in [0.15, 0.2) is 5.82 Å². The summed E-state index contributed by atoms with van der Waals surface area (Å²) in [4.78, 5) is 15.6. The Hall–Kier alpha value is -2.51. The van der Waals surface area contributed by atoms with Crippen molar-refractivity contribution in [3.05, 3.63) is 29.8 Å². The molecule has 88 valence electrons. The van der Waals surface area contributed by atoms with Crippen LogP contribution in [0.15, 0.2) is 18.3 Å². The summed E-state index contributed by atoms with van der Waals surface area (Å²) < 4.78 is 0. The molecule has 8 heteroatoms. The van der Waals surface area contributed by atoms with Gasteiger partial charge in [-0.05, 0) is 12.1 Å². The number of carbonyl (C=O) groups excluding carboxylic acids is 1. The fourth-order valence-corrected chi connectivity index (χ4v) is 1.20. The molecule has 0 atom stereocenters. The second-order valence-electron chi connectivity index (χ2n) is 3.36. The first kappa shape index (κ1) is 11.0. The van der Waals surface area contributed by atoms with Crippen LogP contribution in [-0.4, -0.2) is 31.5 Å². The van der Waals surface area contributed by atoms with Crippen LogP contribution < -0.4 is 11.1 Å². The van der Waals surface area contributed by atoms with Gasteiger partial charge in [0.05, 0.1) is 24.8 Å². The van der Waals surface area contributed by atoms with Crippen LogP contribution in [0.4, 0.5) is 5.69 Å². The Morgan fingerprint density at radius 1 is 1.47 bits per heavy atom. The third kappa shape index (κ3) is 3.23. The van der Waals surface area contributed by atoms with Crippen molar-refractivity contribution in [3.8, 4) is 0 Å². The van der Waals surface area contributed by atoms with Crippen LogP contribution in [0.3, 0.4) is 0 Å². The molecule has 0 bridgehead atoms. The largest absolute Gasteiger partial charge is 0.397 e. The van der Waals surface area contributed by atoms with Gasteiger partial charge in [0.25, 0.3) is 0 Å². The summed E-state index contributed by atoms with van der Waals surface area (Å²) in [6.45, 7) is 0.240. The predicted octanol–water partition coefficient (Wildman–Crippen LogP) is -0.964. The maximum absolute atomic E-state index is 11.5. The molecule has 1 amide bonds. The minimum absolute atomic E-state index is 0.160. The molecule has 17 heavy (non-hydrogen) atoms. The monoisotopic (exact) mass is 233 g/mol. The number of aromatic nitrogens is 5. The van der Waals surface area contributed by atoms with E-state index in [0.29, 0.717) is 17.2 Å². The van der Waals surface area contributed by atoms with Gasteiger partial charge in [0.2, 0.25) is 5.91 Å². The molecule has 0 aliphatic heterocycles. The molecule has 0 saturated carbocycles. The zero-order chi connectivity index (χ0) is 12.1. The van der Waals surface area contributed by atoms with Gasteiger partial charge < -0.3 is 11.1 Å². The number of pyridine rings is 1. The number of H-pyrrole nitrogens is 1. The summed E-state index contributed by atoms with van der Waals surface area (Å²) in [5.41, 5.74) is 6.72. The van der Waals surface area contributed by atoms with Crippen molar-refractivity contribution in [1.82, 2.24) is 30.9 Å². The fraction of sp³-hybridized carbons (Fsp3) is 0.222. The van der Waals surface area contributed by atoms with Gasteiger partial charge in [-0.15, -0.1) is 10.2 Å². The zero-order valence-corrected chi connectivity index (χ0v) is 8.92. The number of aromatic amines is 1. The lowest BCUT2D eigenvalue weighted by Gasteiger charge is -2.02. The van der Waals surface area contributed by atoms with E-state index in [1.165, 1.54) is 6.20 Å². The second-order valence-corrected chi connectivity index (χ2v) is 3.36. The number of amides is 1. The van der Waals surface area contributed by atoms with Crippen LogP contribution in [-0.2, 0) is 17.8 Å². The maximum atomic E-state index is 11.5. The molecule has 0 radical (unpaired) electrons. The van der Waals surface area contributed by atoms with Crippen molar-refractivity contribution in [1.29, 1.82) is 0 Å². The average Bonchev–Trinajstić information content (AvgIpc) is 2.83. The van der Waals surface area contributed by atoms with Crippen molar-refractivity contribution in [2.24, 2.45) is 0 Å². The summed E-state index contributed by atoms with van der Waals surface area (Å²) in [7, 11) is 0. The van der Waals surface area contributed by atoms with E-state index in [-0.39, 0.29) is 18.9 Å². The topological polar surface area (TPSA) is 122 Å². The molecular weight excluding hydrogens is 222 g/mol. The number of nitrogens with one attached hydrogen (secondary N) is 2. The lowest BCUT2D eigenvalue weighted by Crippen LogP contribution is -2.25. The SMILES string of the molecule is Nc1ccc(CC(=O)NCc2nn[nH]n2)nc1. The molecule has 2 aromatic rings. The number of hydrogen-bond acceptors (Lipinski definition) is 6. The molecule has 0 aliphatic rings. The Morgan fingerprint density at radius 2 is 2.35 bits per heavy atom. The molecule has 0 spiro atoms. The number of tetrazole rings is 1. The smallest absolute Gasteiger partial charge is 0.226 e. The summed E-state index contributed by atoms with van der Waals surface area (Å²) in [5, 5.41) is 15.8. The first-order chi connectivity index (χ1) is 8.24. The molecule has 2 rings (SSSR count). The summed E-state index contributed by atoms with van der Waals surface area (Å²) in [5.74, 6) is 0.274. The molecule has 4 N–H and O–H groups in total. The summed E-state index contributed by atoms with van der Waals surface area (Å²) >= 11 is 0. The lowest BCUT2D eigenvalue weighted by molar-refractivity contribution is -0.120. The van der Waals surface area contributed by atoms with E-state index in [9.17, 15) is 4.79 Å². The normalized spacial score (nSPS) is 10.1. The van der Waals surface area contributed by atoms with Gasteiger partial charge in [-0.3, -0.25) is 9.78 Å². The van der Waals surface area contributed by atoms with E-state index in [1.54, 1.807) is 12.1 Å². The number of anilines is 1. The van der Waals surface area contributed by atoms with Gasteiger partial charge in [0.1, 0.15) is 0 Å². The number of nitrogen functional groups attached to an aromatic ring is 1.